The first-order valence-corrected chi connectivity index (χ1v) is 5.83. The van der Waals surface area contributed by atoms with Crippen LogP contribution in [-0.2, 0) is 9.59 Å². The number of rotatable bonds is 8. The van der Waals surface area contributed by atoms with Crippen molar-refractivity contribution in [3.05, 3.63) is 0 Å². The number of hydrogen-bond donors (Lipinski definition) is 2. The van der Waals surface area contributed by atoms with Gasteiger partial charge in [-0.3, -0.25) is 9.59 Å². The Morgan fingerprint density at radius 3 is 2.31 bits per heavy atom. The van der Waals surface area contributed by atoms with E-state index in [-0.39, 0.29) is 18.4 Å². The molecule has 0 saturated heterocycles. The van der Waals surface area contributed by atoms with Crippen molar-refractivity contribution in [1.82, 2.24) is 4.90 Å². The van der Waals surface area contributed by atoms with Gasteiger partial charge in [-0.25, -0.2) is 0 Å². The van der Waals surface area contributed by atoms with Gasteiger partial charge in [0.15, 0.2) is 0 Å². The van der Waals surface area contributed by atoms with Gasteiger partial charge in [-0.15, -0.1) is 0 Å². The molecule has 5 heteroatoms. The fourth-order valence-corrected chi connectivity index (χ4v) is 1.50. The van der Waals surface area contributed by atoms with Crippen molar-refractivity contribution in [2.45, 2.75) is 33.1 Å². The summed E-state index contributed by atoms with van der Waals surface area (Å²) in [7, 11) is 0. The average molecular weight is 229 g/mol. The van der Waals surface area contributed by atoms with Crippen LogP contribution in [0.3, 0.4) is 0 Å². The van der Waals surface area contributed by atoms with Crippen LogP contribution in [0.1, 0.15) is 33.1 Å². The fourth-order valence-electron chi connectivity index (χ4n) is 1.50. The van der Waals surface area contributed by atoms with Crippen molar-refractivity contribution in [2.24, 2.45) is 17.4 Å². The molecule has 0 radical (unpaired) electrons. The number of amides is 2. The molecule has 0 heterocycles. The second-order valence-electron chi connectivity index (χ2n) is 3.92. The van der Waals surface area contributed by atoms with Gasteiger partial charge in [0.05, 0.1) is 12.5 Å². The van der Waals surface area contributed by atoms with E-state index in [9.17, 15) is 9.59 Å². The Hall–Kier alpha value is -1.10. The van der Waals surface area contributed by atoms with Crippen molar-refractivity contribution >= 4 is 11.8 Å². The first-order chi connectivity index (χ1) is 7.56. The number of hydrogen-bond acceptors (Lipinski definition) is 3. The van der Waals surface area contributed by atoms with E-state index in [1.807, 2.05) is 13.8 Å². The number of primary amides is 1. The number of nitrogens with two attached hydrogens (primary N) is 2. The van der Waals surface area contributed by atoms with Crippen LogP contribution in [0.15, 0.2) is 0 Å². The summed E-state index contributed by atoms with van der Waals surface area (Å²) >= 11 is 0. The highest BCUT2D eigenvalue weighted by Gasteiger charge is 2.22. The maximum Gasteiger partial charge on any atom is 0.237 e. The lowest BCUT2D eigenvalue weighted by molar-refractivity contribution is -0.138. The number of carbonyl (C=O) groups excluding carboxylic acids is 2. The fraction of sp³-hybridized carbons (Fsp3) is 0.818. The van der Waals surface area contributed by atoms with E-state index in [4.69, 9.17) is 11.5 Å². The molecule has 0 aromatic carbocycles. The quantitative estimate of drug-likeness (QED) is 0.618. The molecular weight excluding hydrogens is 206 g/mol. The third-order valence-corrected chi connectivity index (χ3v) is 2.57. The van der Waals surface area contributed by atoms with Crippen LogP contribution in [0.4, 0.5) is 0 Å². The predicted molar refractivity (Wildman–Crippen MR) is 63.5 cm³/mol. The van der Waals surface area contributed by atoms with Gasteiger partial charge in [-0.2, -0.15) is 0 Å². The molecule has 0 saturated carbocycles. The lowest BCUT2D eigenvalue weighted by Crippen LogP contribution is -2.43. The summed E-state index contributed by atoms with van der Waals surface area (Å²) in [4.78, 5) is 24.4. The second-order valence-corrected chi connectivity index (χ2v) is 3.92. The number of carbonyl (C=O) groups is 2. The summed E-state index contributed by atoms with van der Waals surface area (Å²) in [6.45, 7) is 4.84. The molecule has 5 nitrogen and oxygen atoms in total. The van der Waals surface area contributed by atoms with Gasteiger partial charge < -0.3 is 16.4 Å². The van der Waals surface area contributed by atoms with Crippen molar-refractivity contribution in [3.8, 4) is 0 Å². The van der Waals surface area contributed by atoms with Crippen LogP contribution in [-0.4, -0.2) is 36.3 Å². The lowest BCUT2D eigenvalue weighted by Gasteiger charge is -2.25. The van der Waals surface area contributed by atoms with Crippen LogP contribution in [0.2, 0.25) is 0 Å². The molecule has 0 bridgehead atoms. The maximum absolute atomic E-state index is 12.0. The Balaban J connectivity index is 4.46. The minimum absolute atomic E-state index is 0.00463. The van der Waals surface area contributed by atoms with E-state index in [0.717, 1.165) is 12.8 Å². The number of nitrogens with zero attached hydrogens (tertiary/aromatic N) is 1. The molecule has 2 amide bonds. The van der Waals surface area contributed by atoms with Crippen LogP contribution < -0.4 is 11.5 Å². The first-order valence-electron chi connectivity index (χ1n) is 5.83. The van der Waals surface area contributed by atoms with E-state index in [1.165, 1.54) is 4.90 Å². The number of unbranched alkanes of at least 4 members (excludes halogenated alkanes) is 1. The summed E-state index contributed by atoms with van der Waals surface area (Å²) in [5.74, 6) is -0.732. The van der Waals surface area contributed by atoms with Gasteiger partial charge in [0.1, 0.15) is 0 Å². The van der Waals surface area contributed by atoms with Crippen LogP contribution in [0, 0.1) is 5.92 Å². The smallest absolute Gasteiger partial charge is 0.237 e. The summed E-state index contributed by atoms with van der Waals surface area (Å²) < 4.78 is 0. The van der Waals surface area contributed by atoms with Crippen molar-refractivity contribution < 1.29 is 9.59 Å². The minimum Gasteiger partial charge on any atom is -0.368 e. The highest BCUT2D eigenvalue weighted by molar-refractivity contribution is 5.85. The van der Waals surface area contributed by atoms with E-state index in [2.05, 4.69) is 0 Å². The molecule has 0 aliphatic carbocycles. The molecular formula is C11H23N3O2. The van der Waals surface area contributed by atoms with Gasteiger partial charge in [-0.05, 0) is 12.8 Å². The Labute approximate surface area is 97.2 Å². The Bertz CT molecular complexity index is 227. The molecule has 16 heavy (non-hydrogen) atoms. The monoisotopic (exact) mass is 229 g/mol. The molecule has 0 fully saturated rings. The molecule has 0 spiro atoms. The third kappa shape index (κ3) is 5.11. The predicted octanol–water partition coefficient (Wildman–Crippen LogP) is 0.0853. The summed E-state index contributed by atoms with van der Waals surface area (Å²) in [6.07, 6.45) is 2.54. The third-order valence-electron chi connectivity index (χ3n) is 2.57. The van der Waals surface area contributed by atoms with Crippen LogP contribution in [0.5, 0.6) is 0 Å². The molecule has 0 aromatic rings. The summed E-state index contributed by atoms with van der Waals surface area (Å²) in [6, 6.07) is 0. The van der Waals surface area contributed by atoms with Gasteiger partial charge in [-0.1, -0.05) is 20.3 Å². The molecule has 1 unspecified atom stereocenters. The highest BCUT2D eigenvalue weighted by Crippen LogP contribution is 2.07. The zero-order valence-electron chi connectivity index (χ0n) is 10.2. The molecule has 0 rings (SSSR count). The topological polar surface area (TPSA) is 89.4 Å². The molecule has 0 aromatic heterocycles. The zero-order chi connectivity index (χ0) is 12.6. The van der Waals surface area contributed by atoms with Gasteiger partial charge in [0, 0.05) is 13.1 Å². The normalized spacial score (nSPS) is 12.2. The van der Waals surface area contributed by atoms with Crippen LogP contribution >= 0.6 is 0 Å². The maximum atomic E-state index is 12.0. The van der Waals surface area contributed by atoms with E-state index in [0.29, 0.717) is 19.5 Å². The molecule has 4 N–H and O–H groups in total. The van der Waals surface area contributed by atoms with E-state index in [1.54, 1.807) is 0 Å². The average Bonchev–Trinajstić information content (AvgIpc) is 2.25. The van der Waals surface area contributed by atoms with E-state index >= 15 is 0 Å². The highest BCUT2D eigenvalue weighted by atomic mass is 16.2. The largest absolute Gasteiger partial charge is 0.368 e. The van der Waals surface area contributed by atoms with E-state index < -0.39 is 5.91 Å². The Kier molecular flexibility index (Phi) is 7.54. The first kappa shape index (κ1) is 14.9. The SMILES string of the molecule is CCCCN(CC(N)=O)C(=O)C(CC)CN. The van der Waals surface area contributed by atoms with Crippen molar-refractivity contribution in [2.75, 3.05) is 19.6 Å². The molecule has 1 atom stereocenters. The molecule has 0 aliphatic heterocycles. The second kappa shape index (κ2) is 8.10. The molecule has 0 aliphatic rings. The lowest BCUT2D eigenvalue weighted by atomic mass is 10.1. The Morgan fingerprint density at radius 2 is 1.94 bits per heavy atom. The van der Waals surface area contributed by atoms with Gasteiger partial charge in [0.2, 0.25) is 11.8 Å². The van der Waals surface area contributed by atoms with Crippen molar-refractivity contribution in [1.29, 1.82) is 0 Å². The summed E-state index contributed by atoms with van der Waals surface area (Å²) in [5, 5.41) is 0. The standard InChI is InChI=1S/C11H23N3O2/c1-3-5-6-14(8-10(13)15)11(16)9(4-2)7-12/h9H,3-8,12H2,1-2H3,(H2,13,15). The van der Waals surface area contributed by atoms with Gasteiger partial charge in [0.25, 0.3) is 0 Å². The molecule has 94 valence electrons. The summed E-state index contributed by atoms with van der Waals surface area (Å²) in [5.41, 5.74) is 10.6. The van der Waals surface area contributed by atoms with Crippen LogP contribution in [0.25, 0.3) is 0 Å². The Morgan fingerprint density at radius 1 is 1.31 bits per heavy atom. The minimum atomic E-state index is -0.476. The van der Waals surface area contributed by atoms with Crippen molar-refractivity contribution in [3.63, 3.8) is 0 Å². The van der Waals surface area contributed by atoms with Gasteiger partial charge >= 0.3 is 0 Å². The zero-order valence-corrected chi connectivity index (χ0v) is 10.2.